The Hall–Kier alpha value is -3.61. The van der Waals surface area contributed by atoms with Crippen LogP contribution in [0.5, 0.6) is 0 Å². The Morgan fingerprint density at radius 3 is 2.63 bits per heavy atom. The van der Waals surface area contributed by atoms with Crippen molar-refractivity contribution in [1.29, 1.82) is 0 Å². The number of nitrogen functional groups attached to an aromatic ring is 1. The number of anilines is 1. The highest BCUT2D eigenvalue weighted by atomic mass is 16.7. The molecule has 0 unspecified atom stereocenters. The quantitative estimate of drug-likeness (QED) is 0.482. The van der Waals surface area contributed by atoms with E-state index in [1.165, 1.54) is 10.9 Å². The van der Waals surface area contributed by atoms with Gasteiger partial charge >= 0.3 is 0 Å². The van der Waals surface area contributed by atoms with E-state index in [2.05, 4.69) is 15.0 Å². The van der Waals surface area contributed by atoms with Gasteiger partial charge in [0.1, 0.15) is 18.9 Å². The van der Waals surface area contributed by atoms with Gasteiger partial charge in [0, 0.05) is 6.42 Å². The largest absolute Gasteiger partial charge is 0.390 e. The van der Waals surface area contributed by atoms with Crippen LogP contribution in [-0.4, -0.2) is 60.3 Å². The number of nitrogens with two attached hydrogens (primary N) is 1. The summed E-state index contributed by atoms with van der Waals surface area (Å²) in [7, 11) is 0. The smallest absolute Gasteiger partial charge is 0.285 e. The lowest BCUT2D eigenvalue weighted by Crippen LogP contribution is -2.36. The predicted molar refractivity (Wildman–Crippen MR) is 100.0 cm³/mol. The molecule has 1 aromatic carbocycles. The number of amides is 2. The summed E-state index contributed by atoms with van der Waals surface area (Å²) in [5, 5.41) is 11.0. The lowest BCUT2D eigenvalue weighted by atomic mass is 10.1. The number of benzene rings is 1. The van der Waals surface area contributed by atoms with E-state index in [0.29, 0.717) is 5.06 Å². The van der Waals surface area contributed by atoms with Crippen LogP contribution in [0.4, 0.5) is 5.95 Å². The van der Waals surface area contributed by atoms with Crippen LogP contribution in [0.1, 0.15) is 33.4 Å². The van der Waals surface area contributed by atoms with Gasteiger partial charge in [-0.1, -0.05) is 12.1 Å². The molecular formula is C18H16N6O6. The zero-order valence-electron chi connectivity index (χ0n) is 15.4. The molecule has 2 aliphatic rings. The highest BCUT2D eigenvalue weighted by molar-refractivity contribution is 6.20. The van der Waals surface area contributed by atoms with Crippen molar-refractivity contribution in [3.8, 4) is 0 Å². The van der Waals surface area contributed by atoms with E-state index in [4.69, 9.17) is 15.3 Å². The maximum Gasteiger partial charge on any atom is 0.285 e. The highest BCUT2D eigenvalue weighted by Gasteiger charge is 2.40. The van der Waals surface area contributed by atoms with Gasteiger partial charge in [-0.2, -0.15) is 4.98 Å². The van der Waals surface area contributed by atoms with E-state index < -0.39 is 35.8 Å². The number of H-pyrrole nitrogens is 1. The first kappa shape index (κ1) is 18.4. The summed E-state index contributed by atoms with van der Waals surface area (Å²) in [5.41, 5.74) is 5.93. The summed E-state index contributed by atoms with van der Waals surface area (Å²) in [6.07, 6.45) is -0.916. The maximum absolute atomic E-state index is 12.4. The number of aromatic nitrogens is 4. The van der Waals surface area contributed by atoms with E-state index >= 15 is 0 Å². The molecule has 1 fully saturated rings. The second-order valence-electron chi connectivity index (χ2n) is 6.95. The molecular weight excluding hydrogens is 396 g/mol. The minimum absolute atomic E-state index is 0.0710. The van der Waals surface area contributed by atoms with Crippen molar-refractivity contribution in [2.24, 2.45) is 0 Å². The molecule has 12 heteroatoms. The van der Waals surface area contributed by atoms with Gasteiger partial charge in [0.05, 0.1) is 23.6 Å². The zero-order chi connectivity index (χ0) is 21.0. The monoisotopic (exact) mass is 412 g/mol. The summed E-state index contributed by atoms with van der Waals surface area (Å²) < 4.78 is 7.31. The van der Waals surface area contributed by atoms with E-state index in [0.717, 1.165) is 0 Å². The molecule has 0 bridgehead atoms. The number of imide groups is 1. The molecule has 2 aliphatic heterocycles. The Balaban J connectivity index is 1.31. The number of fused-ring (bicyclic) bond motifs is 2. The fraction of sp³-hybridized carbons (Fsp3) is 0.278. The third kappa shape index (κ3) is 2.77. The fourth-order valence-electron chi connectivity index (χ4n) is 3.62. The molecule has 1 saturated heterocycles. The number of nitrogens with one attached hydrogen (secondary N) is 1. The summed E-state index contributed by atoms with van der Waals surface area (Å²) in [6, 6.07) is 6.40. The number of ether oxygens (including phenoxy) is 1. The van der Waals surface area contributed by atoms with Crippen molar-refractivity contribution < 1.29 is 24.3 Å². The third-order valence-electron chi connectivity index (χ3n) is 5.09. The van der Waals surface area contributed by atoms with Crippen molar-refractivity contribution in [2.75, 3.05) is 12.3 Å². The van der Waals surface area contributed by atoms with Gasteiger partial charge in [0.2, 0.25) is 5.95 Å². The zero-order valence-corrected chi connectivity index (χ0v) is 15.4. The van der Waals surface area contributed by atoms with Crippen molar-refractivity contribution in [2.45, 2.75) is 24.9 Å². The van der Waals surface area contributed by atoms with Crippen LogP contribution in [-0.2, 0) is 9.57 Å². The average molecular weight is 412 g/mol. The average Bonchev–Trinajstić information content (AvgIpc) is 3.37. The third-order valence-corrected chi connectivity index (χ3v) is 5.09. The number of hydroxylamine groups is 2. The van der Waals surface area contributed by atoms with Gasteiger partial charge < -0.3 is 15.6 Å². The number of aromatic amines is 1. The number of carbonyl (C=O) groups is 2. The second kappa shape index (κ2) is 6.73. The van der Waals surface area contributed by atoms with Crippen LogP contribution in [0, 0.1) is 0 Å². The topological polar surface area (TPSA) is 166 Å². The molecule has 0 radical (unpaired) electrons. The molecule has 0 aliphatic carbocycles. The van der Waals surface area contributed by atoms with E-state index in [1.54, 1.807) is 24.3 Å². The van der Waals surface area contributed by atoms with Crippen LogP contribution >= 0.6 is 0 Å². The number of hydrogen-bond acceptors (Lipinski definition) is 9. The Morgan fingerprint density at radius 2 is 1.93 bits per heavy atom. The second-order valence-corrected chi connectivity index (χ2v) is 6.95. The molecule has 2 amide bonds. The predicted octanol–water partition coefficient (Wildman–Crippen LogP) is -0.422. The molecule has 4 heterocycles. The summed E-state index contributed by atoms with van der Waals surface area (Å²) in [5.74, 6) is -1.21. The van der Waals surface area contributed by atoms with Gasteiger partial charge in [-0.05, 0) is 12.1 Å². The Morgan fingerprint density at radius 1 is 1.23 bits per heavy atom. The first-order valence-corrected chi connectivity index (χ1v) is 9.10. The highest BCUT2D eigenvalue weighted by Crippen LogP contribution is 2.31. The molecule has 3 atom stereocenters. The van der Waals surface area contributed by atoms with Gasteiger partial charge in [0.25, 0.3) is 17.4 Å². The first-order valence-electron chi connectivity index (χ1n) is 9.10. The van der Waals surface area contributed by atoms with Crippen LogP contribution in [0.3, 0.4) is 0 Å². The standard InChI is InChI=1S/C18H16N6O6/c19-18-21-14-13(15(26)22-18)20-7-23(14)12-5-10(25)11(30-12)6-29-24-16(27)8-3-1-2-4-9(8)17(24)28/h1-4,7,10-12,25H,5-6H2,(H3,19,21,22,26)/t10-,11+,12+/m0/s1. The Kier molecular flexibility index (Phi) is 4.13. The van der Waals surface area contributed by atoms with Crippen LogP contribution < -0.4 is 11.3 Å². The minimum atomic E-state index is -0.943. The number of nitrogens with zero attached hydrogens (tertiary/aromatic N) is 4. The molecule has 0 spiro atoms. The number of hydrogen-bond donors (Lipinski definition) is 3. The number of imidazole rings is 1. The van der Waals surface area contributed by atoms with Crippen LogP contribution in [0.15, 0.2) is 35.4 Å². The van der Waals surface area contributed by atoms with Crippen LogP contribution in [0.25, 0.3) is 11.2 Å². The Bertz CT molecular complexity index is 1200. The van der Waals surface area contributed by atoms with E-state index in [-0.39, 0.29) is 41.3 Å². The molecule has 2 aromatic heterocycles. The molecule has 3 aromatic rings. The number of rotatable bonds is 4. The summed E-state index contributed by atoms with van der Waals surface area (Å²) in [6.45, 7) is -0.230. The van der Waals surface area contributed by atoms with Crippen molar-refractivity contribution in [1.82, 2.24) is 24.6 Å². The van der Waals surface area contributed by atoms with Gasteiger partial charge in [-0.25, -0.2) is 4.98 Å². The first-order chi connectivity index (χ1) is 14.4. The molecule has 30 heavy (non-hydrogen) atoms. The normalized spacial score (nSPS) is 23.5. The number of aliphatic hydroxyl groups excluding tert-OH is 1. The Labute approximate surface area is 167 Å². The number of carbonyl (C=O) groups excluding carboxylic acids is 2. The van der Waals surface area contributed by atoms with Gasteiger partial charge in [-0.15, -0.1) is 5.06 Å². The van der Waals surface area contributed by atoms with Gasteiger partial charge in [0.15, 0.2) is 11.2 Å². The van der Waals surface area contributed by atoms with Crippen molar-refractivity contribution in [3.05, 3.63) is 52.1 Å². The fourth-order valence-corrected chi connectivity index (χ4v) is 3.62. The summed E-state index contributed by atoms with van der Waals surface area (Å²) >= 11 is 0. The molecule has 0 saturated carbocycles. The lowest BCUT2D eigenvalue weighted by Gasteiger charge is -2.19. The molecule has 5 rings (SSSR count). The van der Waals surface area contributed by atoms with Crippen molar-refractivity contribution in [3.63, 3.8) is 0 Å². The molecule has 154 valence electrons. The minimum Gasteiger partial charge on any atom is -0.390 e. The van der Waals surface area contributed by atoms with Crippen LogP contribution in [0.2, 0.25) is 0 Å². The molecule has 12 nitrogen and oxygen atoms in total. The maximum atomic E-state index is 12.4. The van der Waals surface area contributed by atoms with Gasteiger partial charge in [-0.3, -0.25) is 28.8 Å². The van der Waals surface area contributed by atoms with E-state index in [1.807, 2.05) is 0 Å². The molecule has 4 N–H and O–H groups in total. The number of aliphatic hydroxyl groups is 1. The van der Waals surface area contributed by atoms with Crippen molar-refractivity contribution >= 4 is 28.9 Å². The lowest BCUT2D eigenvalue weighted by molar-refractivity contribution is -0.140. The van der Waals surface area contributed by atoms with E-state index in [9.17, 15) is 19.5 Å². The summed E-state index contributed by atoms with van der Waals surface area (Å²) in [4.78, 5) is 52.5. The SMILES string of the molecule is Nc1nc2c(ncn2[C@H]2C[C@H](O)[C@@H](CON3C(=O)c4ccccc4C3=O)O2)c(=O)[nH]1.